The lowest BCUT2D eigenvalue weighted by Crippen LogP contribution is -1.94. The van der Waals surface area contributed by atoms with Crippen LogP contribution in [0.2, 0.25) is 0 Å². The van der Waals surface area contributed by atoms with Gasteiger partial charge in [-0.2, -0.15) is 0 Å². The molecule has 2 aromatic rings. The van der Waals surface area contributed by atoms with Crippen LogP contribution >= 0.6 is 0 Å². The molecular formula is C20H26O4. The van der Waals surface area contributed by atoms with Crippen molar-refractivity contribution in [2.45, 2.75) is 12.2 Å². The third-order valence-electron chi connectivity index (χ3n) is 3.39. The maximum Gasteiger partial charge on any atom is 0.104 e. The van der Waals surface area contributed by atoms with Crippen molar-refractivity contribution in [2.75, 3.05) is 40.6 Å². The largest absolute Gasteiger partial charge is 0.382 e. The van der Waals surface area contributed by atoms with Crippen LogP contribution in [0.3, 0.4) is 0 Å². The Bertz CT molecular complexity index is 485. The summed E-state index contributed by atoms with van der Waals surface area (Å²) >= 11 is 0. The Morgan fingerprint density at radius 1 is 0.708 bits per heavy atom. The van der Waals surface area contributed by atoms with Gasteiger partial charge in [0.2, 0.25) is 0 Å². The first-order valence-corrected chi connectivity index (χ1v) is 8.15. The highest BCUT2D eigenvalue weighted by Gasteiger charge is 2.21. The van der Waals surface area contributed by atoms with Crippen LogP contribution in [0, 0.1) is 0 Å². The van der Waals surface area contributed by atoms with Gasteiger partial charge in [0, 0.05) is 14.2 Å². The smallest absolute Gasteiger partial charge is 0.104 e. The summed E-state index contributed by atoms with van der Waals surface area (Å²) in [7, 11) is 3.36. The Morgan fingerprint density at radius 2 is 1.04 bits per heavy atom. The molecule has 130 valence electrons. The first-order valence-electron chi connectivity index (χ1n) is 8.15. The third kappa shape index (κ3) is 8.22. The fourth-order valence-electron chi connectivity index (χ4n) is 1.96. The summed E-state index contributed by atoms with van der Waals surface area (Å²) in [6.07, 6.45) is 0.852. The number of methoxy groups -OCH3 is 2. The van der Waals surface area contributed by atoms with Crippen LogP contribution in [0.15, 0.2) is 60.7 Å². The fraction of sp³-hybridized carbons (Fsp3) is 0.400. The second-order valence-corrected chi connectivity index (χ2v) is 5.55. The molecule has 2 unspecified atom stereocenters. The Kier molecular flexibility index (Phi) is 8.49. The molecule has 2 aliphatic heterocycles. The fourth-order valence-corrected chi connectivity index (χ4v) is 1.96. The molecule has 2 heterocycles. The van der Waals surface area contributed by atoms with Gasteiger partial charge in [0.1, 0.15) is 12.2 Å². The molecule has 0 radical (unpaired) electrons. The molecule has 0 N–H and O–H groups in total. The molecule has 4 heteroatoms. The lowest BCUT2D eigenvalue weighted by Gasteiger charge is -1.98. The van der Waals surface area contributed by atoms with Crippen molar-refractivity contribution >= 4 is 0 Å². The van der Waals surface area contributed by atoms with E-state index in [1.54, 1.807) is 14.2 Å². The number of hydrogen-bond acceptors (Lipinski definition) is 4. The molecule has 0 spiro atoms. The topological polar surface area (TPSA) is 43.5 Å². The average Bonchev–Trinajstić information content (AvgIpc) is 3.55. The second kappa shape index (κ2) is 10.9. The predicted molar refractivity (Wildman–Crippen MR) is 95.1 cm³/mol. The molecule has 4 rings (SSSR count). The van der Waals surface area contributed by atoms with E-state index in [0.717, 1.165) is 26.4 Å². The summed E-state index contributed by atoms with van der Waals surface area (Å²) in [6, 6.07) is 20.8. The molecule has 0 saturated carbocycles. The molecule has 2 aromatic carbocycles. The van der Waals surface area contributed by atoms with Crippen molar-refractivity contribution < 1.29 is 18.9 Å². The van der Waals surface area contributed by atoms with Gasteiger partial charge < -0.3 is 18.9 Å². The van der Waals surface area contributed by atoms with E-state index in [0.29, 0.717) is 12.2 Å². The normalized spacial score (nSPS) is 20.1. The highest BCUT2D eigenvalue weighted by atomic mass is 16.6. The predicted octanol–water partition coefficient (Wildman–Crippen LogP) is 3.42. The summed E-state index contributed by atoms with van der Waals surface area (Å²) in [4.78, 5) is 0. The van der Waals surface area contributed by atoms with Gasteiger partial charge in [-0.1, -0.05) is 60.7 Å². The molecule has 2 fully saturated rings. The van der Waals surface area contributed by atoms with Crippen LogP contribution in [0.5, 0.6) is 0 Å². The second-order valence-electron chi connectivity index (χ2n) is 5.55. The first-order chi connectivity index (χ1) is 11.8. The highest BCUT2D eigenvalue weighted by Crippen LogP contribution is 2.17. The minimum absolute atomic E-state index is 0.426. The number of benzene rings is 2. The maximum absolute atomic E-state index is 4.82. The lowest BCUT2D eigenvalue weighted by molar-refractivity contribution is 0.171. The Balaban J connectivity index is 0.000000146. The summed E-state index contributed by atoms with van der Waals surface area (Å²) in [6.45, 7) is 3.32. The quantitative estimate of drug-likeness (QED) is 0.788. The van der Waals surface area contributed by atoms with E-state index < -0.39 is 0 Å². The highest BCUT2D eigenvalue weighted by molar-refractivity contribution is 5.62. The number of rotatable bonds is 5. The minimum Gasteiger partial charge on any atom is -0.382 e. The van der Waals surface area contributed by atoms with Crippen molar-refractivity contribution in [3.8, 4) is 11.1 Å². The monoisotopic (exact) mass is 330 g/mol. The van der Waals surface area contributed by atoms with E-state index in [4.69, 9.17) is 18.9 Å². The Labute approximate surface area is 144 Å². The third-order valence-corrected chi connectivity index (χ3v) is 3.39. The van der Waals surface area contributed by atoms with Crippen molar-refractivity contribution in [1.82, 2.24) is 0 Å². The van der Waals surface area contributed by atoms with Crippen LogP contribution in [0.1, 0.15) is 0 Å². The van der Waals surface area contributed by atoms with Gasteiger partial charge in [0.25, 0.3) is 0 Å². The van der Waals surface area contributed by atoms with Crippen LogP contribution in [0.4, 0.5) is 0 Å². The standard InChI is InChI=1S/C12H10.2C4H8O2/c1-3-7-11(8-4-1)12-9-5-2-6-10-12;2*1-5-2-4-3-6-4/h1-10H;2*4H,2-3H2,1H3. The number of hydrogen-bond donors (Lipinski definition) is 0. The van der Waals surface area contributed by atoms with Gasteiger partial charge in [-0.25, -0.2) is 0 Å². The van der Waals surface area contributed by atoms with Gasteiger partial charge in [-0.3, -0.25) is 0 Å². The lowest BCUT2D eigenvalue weighted by atomic mass is 10.1. The zero-order valence-corrected chi connectivity index (χ0v) is 14.4. The molecular weight excluding hydrogens is 304 g/mol. The average molecular weight is 330 g/mol. The van der Waals surface area contributed by atoms with Crippen molar-refractivity contribution in [2.24, 2.45) is 0 Å². The molecule has 24 heavy (non-hydrogen) atoms. The zero-order valence-electron chi connectivity index (χ0n) is 14.4. The zero-order chi connectivity index (χ0) is 17.0. The summed E-state index contributed by atoms with van der Waals surface area (Å²) in [5.74, 6) is 0. The minimum atomic E-state index is 0.426. The van der Waals surface area contributed by atoms with Gasteiger partial charge in [0.05, 0.1) is 26.4 Å². The number of epoxide rings is 2. The van der Waals surface area contributed by atoms with Gasteiger partial charge >= 0.3 is 0 Å². The molecule has 0 aliphatic carbocycles. The molecule has 2 atom stereocenters. The summed E-state index contributed by atoms with van der Waals surface area (Å²) in [5, 5.41) is 0. The molecule has 0 amide bonds. The number of ether oxygens (including phenoxy) is 4. The van der Waals surface area contributed by atoms with E-state index in [2.05, 4.69) is 48.5 Å². The van der Waals surface area contributed by atoms with E-state index >= 15 is 0 Å². The van der Waals surface area contributed by atoms with Crippen LogP contribution in [-0.2, 0) is 18.9 Å². The molecule has 0 bridgehead atoms. The van der Waals surface area contributed by atoms with E-state index in [-0.39, 0.29) is 0 Å². The van der Waals surface area contributed by atoms with Crippen molar-refractivity contribution in [1.29, 1.82) is 0 Å². The first kappa shape index (κ1) is 18.6. The van der Waals surface area contributed by atoms with E-state index in [1.165, 1.54) is 11.1 Å². The van der Waals surface area contributed by atoms with Crippen LogP contribution in [0.25, 0.3) is 11.1 Å². The van der Waals surface area contributed by atoms with Crippen molar-refractivity contribution in [3.05, 3.63) is 60.7 Å². The van der Waals surface area contributed by atoms with E-state index in [9.17, 15) is 0 Å². The van der Waals surface area contributed by atoms with Crippen LogP contribution in [-0.4, -0.2) is 52.9 Å². The molecule has 2 aliphatic rings. The van der Waals surface area contributed by atoms with Crippen LogP contribution < -0.4 is 0 Å². The maximum atomic E-state index is 4.82. The molecule has 0 aromatic heterocycles. The van der Waals surface area contributed by atoms with E-state index in [1.807, 2.05) is 12.1 Å². The summed E-state index contributed by atoms with van der Waals surface area (Å²) < 4.78 is 19.1. The van der Waals surface area contributed by atoms with Gasteiger partial charge in [0.15, 0.2) is 0 Å². The molecule has 2 saturated heterocycles. The SMILES string of the molecule is COCC1CO1.COCC1CO1.c1ccc(-c2ccccc2)cc1. The summed E-state index contributed by atoms with van der Waals surface area (Å²) in [5.41, 5.74) is 2.55. The Hall–Kier alpha value is -1.72. The van der Waals surface area contributed by atoms with Gasteiger partial charge in [-0.05, 0) is 11.1 Å². The Morgan fingerprint density at radius 3 is 1.25 bits per heavy atom. The van der Waals surface area contributed by atoms with Crippen molar-refractivity contribution in [3.63, 3.8) is 0 Å². The van der Waals surface area contributed by atoms with Gasteiger partial charge in [-0.15, -0.1) is 0 Å². The molecule has 4 nitrogen and oxygen atoms in total.